The molecule has 0 radical (unpaired) electrons. The van der Waals surface area contributed by atoms with Crippen LogP contribution in [0.1, 0.15) is 37.2 Å². The molecule has 0 aliphatic heterocycles. The Kier molecular flexibility index (Phi) is 7.52. The van der Waals surface area contributed by atoms with Crippen LogP contribution in [0.25, 0.3) is 11.0 Å². The van der Waals surface area contributed by atoms with Gasteiger partial charge in [0.15, 0.2) is 0 Å². The van der Waals surface area contributed by atoms with E-state index in [2.05, 4.69) is 10.3 Å². The molecule has 0 fully saturated rings. The Morgan fingerprint density at radius 1 is 1.03 bits per heavy atom. The van der Waals surface area contributed by atoms with Gasteiger partial charge in [0.05, 0.1) is 29.4 Å². The van der Waals surface area contributed by atoms with Gasteiger partial charge in [-0.1, -0.05) is 54.6 Å². The molecule has 2 atom stereocenters. The van der Waals surface area contributed by atoms with Gasteiger partial charge in [-0.2, -0.15) is 0 Å². The average Bonchev–Trinajstić information content (AvgIpc) is 2.90. The van der Waals surface area contributed by atoms with Crippen LogP contribution >= 0.6 is 0 Å². The van der Waals surface area contributed by atoms with Gasteiger partial charge >= 0.3 is 6.03 Å². The summed E-state index contributed by atoms with van der Waals surface area (Å²) >= 11 is 0. The van der Waals surface area contributed by atoms with Gasteiger partial charge in [-0.15, -0.1) is 0 Å². The van der Waals surface area contributed by atoms with Crippen molar-refractivity contribution in [1.82, 2.24) is 14.5 Å². The summed E-state index contributed by atoms with van der Waals surface area (Å²) in [4.78, 5) is 46.0. The predicted molar refractivity (Wildman–Crippen MR) is 142 cm³/mol. The lowest BCUT2D eigenvalue weighted by Gasteiger charge is -2.35. The SMILES string of the molecule is CCOc1ccccc1NC(=O)N(C(C(N)=O)c1ccccc1)[C@@H](C)c1nc2ccccc2n(C)c1=O. The van der Waals surface area contributed by atoms with Crippen LogP contribution in [-0.4, -0.2) is 33.0 Å². The fourth-order valence-electron chi connectivity index (χ4n) is 4.35. The Morgan fingerprint density at radius 2 is 1.68 bits per heavy atom. The zero-order chi connectivity index (χ0) is 26.5. The van der Waals surface area contributed by atoms with E-state index in [0.29, 0.717) is 34.6 Å². The summed E-state index contributed by atoms with van der Waals surface area (Å²) in [5.74, 6) is -0.273. The number of para-hydroxylation sites is 4. The molecule has 0 aliphatic carbocycles. The molecule has 0 aliphatic rings. The van der Waals surface area contributed by atoms with Gasteiger partial charge in [0.2, 0.25) is 5.91 Å². The van der Waals surface area contributed by atoms with Gasteiger partial charge in [-0.3, -0.25) is 14.5 Å². The monoisotopic (exact) mass is 499 g/mol. The molecule has 9 nitrogen and oxygen atoms in total. The molecule has 1 unspecified atom stereocenters. The molecule has 9 heteroatoms. The average molecular weight is 500 g/mol. The van der Waals surface area contributed by atoms with Crippen molar-refractivity contribution in [3.05, 3.63) is 100 Å². The maximum atomic E-state index is 13.9. The van der Waals surface area contributed by atoms with Crippen molar-refractivity contribution in [1.29, 1.82) is 0 Å². The third-order valence-electron chi connectivity index (χ3n) is 6.15. The van der Waals surface area contributed by atoms with Gasteiger partial charge < -0.3 is 20.4 Å². The highest BCUT2D eigenvalue weighted by atomic mass is 16.5. The van der Waals surface area contributed by atoms with E-state index in [0.717, 1.165) is 0 Å². The largest absolute Gasteiger partial charge is 0.492 e. The highest BCUT2D eigenvalue weighted by Gasteiger charge is 2.36. The van der Waals surface area contributed by atoms with Crippen LogP contribution in [-0.2, 0) is 11.8 Å². The molecule has 3 N–H and O–H groups in total. The number of ether oxygens (including phenoxy) is 1. The number of fused-ring (bicyclic) bond motifs is 1. The number of anilines is 1. The molecule has 190 valence electrons. The maximum absolute atomic E-state index is 13.9. The topological polar surface area (TPSA) is 120 Å². The van der Waals surface area contributed by atoms with Crippen molar-refractivity contribution in [2.75, 3.05) is 11.9 Å². The highest BCUT2D eigenvalue weighted by Crippen LogP contribution is 2.32. The number of aromatic nitrogens is 2. The number of aryl methyl sites for hydroxylation is 1. The van der Waals surface area contributed by atoms with Crippen LogP contribution in [0.3, 0.4) is 0 Å². The van der Waals surface area contributed by atoms with E-state index in [1.165, 1.54) is 9.47 Å². The van der Waals surface area contributed by atoms with Gasteiger partial charge in [-0.25, -0.2) is 9.78 Å². The Morgan fingerprint density at radius 3 is 2.38 bits per heavy atom. The number of hydrogen-bond acceptors (Lipinski definition) is 5. The van der Waals surface area contributed by atoms with Crippen molar-refractivity contribution in [2.24, 2.45) is 12.8 Å². The molecular weight excluding hydrogens is 470 g/mol. The molecule has 1 heterocycles. The van der Waals surface area contributed by atoms with Gasteiger partial charge in [0.1, 0.15) is 17.5 Å². The number of carbonyl (C=O) groups is 2. The number of nitrogens with one attached hydrogen (secondary N) is 1. The number of nitrogens with two attached hydrogens (primary N) is 1. The van der Waals surface area contributed by atoms with E-state index in [1.54, 1.807) is 80.7 Å². The van der Waals surface area contributed by atoms with Crippen molar-refractivity contribution < 1.29 is 14.3 Å². The molecule has 0 bridgehead atoms. The molecule has 4 rings (SSSR count). The van der Waals surface area contributed by atoms with E-state index in [-0.39, 0.29) is 11.3 Å². The summed E-state index contributed by atoms with van der Waals surface area (Å²) < 4.78 is 7.13. The van der Waals surface area contributed by atoms with Crippen molar-refractivity contribution in [3.63, 3.8) is 0 Å². The first-order chi connectivity index (χ1) is 17.8. The van der Waals surface area contributed by atoms with Gasteiger partial charge in [0, 0.05) is 7.05 Å². The lowest BCUT2D eigenvalue weighted by molar-refractivity contribution is -0.123. The summed E-state index contributed by atoms with van der Waals surface area (Å²) in [5, 5.41) is 2.84. The minimum atomic E-state index is -1.17. The lowest BCUT2D eigenvalue weighted by atomic mass is 10.0. The first kappa shape index (κ1) is 25.4. The quantitative estimate of drug-likeness (QED) is 0.377. The summed E-state index contributed by atoms with van der Waals surface area (Å²) in [7, 11) is 1.65. The fraction of sp³-hybridized carbons (Fsp3) is 0.214. The van der Waals surface area contributed by atoms with Gasteiger partial charge in [-0.05, 0) is 43.7 Å². The number of amides is 3. The van der Waals surface area contributed by atoms with Crippen molar-refractivity contribution in [3.8, 4) is 5.75 Å². The minimum Gasteiger partial charge on any atom is -0.492 e. The first-order valence-corrected chi connectivity index (χ1v) is 11.9. The summed E-state index contributed by atoms with van der Waals surface area (Å²) in [6.07, 6.45) is 0. The molecule has 0 saturated carbocycles. The van der Waals surface area contributed by atoms with E-state index in [9.17, 15) is 14.4 Å². The smallest absolute Gasteiger partial charge is 0.323 e. The zero-order valence-electron chi connectivity index (χ0n) is 20.9. The Hall–Kier alpha value is -4.66. The maximum Gasteiger partial charge on any atom is 0.323 e. The van der Waals surface area contributed by atoms with E-state index < -0.39 is 24.0 Å². The minimum absolute atomic E-state index is 0.108. The number of primary amides is 1. The number of carbonyl (C=O) groups excluding carboxylic acids is 2. The Bertz CT molecular complexity index is 1490. The second kappa shape index (κ2) is 10.9. The van der Waals surface area contributed by atoms with Crippen LogP contribution in [0, 0.1) is 0 Å². The summed E-state index contributed by atoms with van der Waals surface area (Å²) in [6.45, 7) is 3.90. The summed E-state index contributed by atoms with van der Waals surface area (Å²) in [5.41, 5.74) is 7.76. The van der Waals surface area contributed by atoms with E-state index >= 15 is 0 Å². The Labute approximate surface area is 214 Å². The molecule has 0 spiro atoms. The Balaban J connectivity index is 1.85. The zero-order valence-corrected chi connectivity index (χ0v) is 20.9. The number of hydrogen-bond donors (Lipinski definition) is 2. The number of urea groups is 1. The number of rotatable bonds is 8. The molecule has 4 aromatic rings. The fourth-order valence-corrected chi connectivity index (χ4v) is 4.35. The molecule has 37 heavy (non-hydrogen) atoms. The summed E-state index contributed by atoms with van der Waals surface area (Å²) in [6, 6.07) is 20.2. The predicted octanol–water partition coefficient (Wildman–Crippen LogP) is 4.15. The van der Waals surface area contributed by atoms with Crippen LogP contribution in [0.5, 0.6) is 5.75 Å². The second-order valence-corrected chi connectivity index (χ2v) is 8.51. The molecule has 0 saturated heterocycles. The lowest BCUT2D eigenvalue weighted by Crippen LogP contribution is -2.46. The molecule has 3 aromatic carbocycles. The number of nitrogens with zero attached hydrogens (tertiary/aromatic N) is 3. The molecule has 1 aromatic heterocycles. The van der Waals surface area contributed by atoms with Crippen LogP contribution in [0.2, 0.25) is 0 Å². The first-order valence-electron chi connectivity index (χ1n) is 11.9. The normalized spacial score (nSPS) is 12.5. The third kappa shape index (κ3) is 5.16. The van der Waals surface area contributed by atoms with Crippen molar-refractivity contribution >= 4 is 28.7 Å². The van der Waals surface area contributed by atoms with Gasteiger partial charge in [0.25, 0.3) is 5.56 Å². The standard InChI is InChI=1S/C28H29N5O4/c1-4-37-23-17-11-9-15-21(23)31-28(36)33(25(26(29)34)19-12-6-5-7-13-19)18(2)24-27(35)32(3)22-16-10-8-14-20(22)30-24/h5-18,25H,4H2,1-3H3,(H2,29,34)(H,31,36)/t18-,25?/m0/s1. The van der Waals surface area contributed by atoms with E-state index in [1.807, 2.05) is 19.1 Å². The molecular formula is C28H29N5O4. The van der Waals surface area contributed by atoms with Crippen LogP contribution in [0.4, 0.5) is 10.5 Å². The molecule has 3 amide bonds. The number of benzene rings is 3. The second-order valence-electron chi connectivity index (χ2n) is 8.51. The van der Waals surface area contributed by atoms with Crippen LogP contribution in [0.15, 0.2) is 83.7 Å². The highest BCUT2D eigenvalue weighted by molar-refractivity contribution is 5.95. The van der Waals surface area contributed by atoms with E-state index in [4.69, 9.17) is 10.5 Å². The van der Waals surface area contributed by atoms with Crippen LogP contribution < -0.4 is 21.3 Å². The van der Waals surface area contributed by atoms with Crippen molar-refractivity contribution in [2.45, 2.75) is 25.9 Å². The third-order valence-corrected chi connectivity index (χ3v) is 6.15.